The zero-order chi connectivity index (χ0) is 22.8. The molecule has 0 aliphatic carbocycles. The second-order valence-electron chi connectivity index (χ2n) is 9.12. The second-order valence-corrected chi connectivity index (χ2v) is 10.2. The summed E-state index contributed by atoms with van der Waals surface area (Å²) >= 11 is 0.798. The summed E-state index contributed by atoms with van der Waals surface area (Å²) in [5.41, 5.74) is 2.46. The molecule has 3 heterocycles. The number of carboxylic acids is 1. The number of thiol groups is 1. The predicted molar refractivity (Wildman–Crippen MR) is 126 cm³/mol. The van der Waals surface area contributed by atoms with Crippen LogP contribution in [0.5, 0.6) is 5.75 Å². The monoisotopic (exact) mass is 453 g/mol. The summed E-state index contributed by atoms with van der Waals surface area (Å²) in [5.74, 6) is -1.11. The number of aromatic hydroxyl groups is 1. The van der Waals surface area contributed by atoms with Crippen molar-refractivity contribution in [2.45, 2.75) is 38.2 Å². The summed E-state index contributed by atoms with van der Waals surface area (Å²) in [6.45, 7) is 6.54. The van der Waals surface area contributed by atoms with E-state index in [1.165, 1.54) is 12.1 Å². The summed E-state index contributed by atoms with van der Waals surface area (Å²) in [7, 11) is 0. The van der Waals surface area contributed by atoms with Gasteiger partial charge in [0, 0.05) is 39.7 Å². The Morgan fingerprint density at radius 2 is 1.88 bits per heavy atom. The number of phenolic OH excluding ortho intramolecular Hbond substituents is 1. The highest BCUT2D eigenvalue weighted by molar-refractivity contribution is 8.02. The van der Waals surface area contributed by atoms with Gasteiger partial charge in [-0.2, -0.15) is 11.4 Å². The Hall–Kier alpha value is -2.90. The molecule has 0 saturated carbocycles. The molecule has 5 nitrogen and oxygen atoms in total. The lowest BCUT2D eigenvalue weighted by molar-refractivity contribution is -0.132. The lowest BCUT2D eigenvalue weighted by Gasteiger charge is -2.43. The van der Waals surface area contributed by atoms with E-state index in [4.69, 9.17) is 4.74 Å². The van der Waals surface area contributed by atoms with Gasteiger partial charge < -0.3 is 19.5 Å². The lowest BCUT2D eigenvalue weighted by Crippen LogP contribution is -2.46. The van der Waals surface area contributed by atoms with E-state index in [9.17, 15) is 19.4 Å². The van der Waals surface area contributed by atoms with Crippen LogP contribution in [0, 0.1) is 5.82 Å². The normalized spacial score (nSPS) is 22.1. The van der Waals surface area contributed by atoms with E-state index in [-0.39, 0.29) is 11.6 Å². The van der Waals surface area contributed by atoms with Crippen molar-refractivity contribution in [3.8, 4) is 11.4 Å². The third-order valence-electron chi connectivity index (χ3n) is 6.46. The number of aromatic nitrogens is 1. The lowest BCUT2D eigenvalue weighted by atomic mass is 9.76. The van der Waals surface area contributed by atoms with Crippen molar-refractivity contribution in [2.24, 2.45) is 0 Å². The zero-order valence-corrected chi connectivity index (χ0v) is 18.9. The topological polar surface area (TPSA) is 71.7 Å². The van der Waals surface area contributed by atoms with Gasteiger partial charge in [-0.3, -0.25) is 0 Å². The van der Waals surface area contributed by atoms with Gasteiger partial charge >= 0.3 is 5.97 Å². The molecule has 32 heavy (non-hydrogen) atoms. The van der Waals surface area contributed by atoms with E-state index < -0.39 is 17.0 Å². The van der Waals surface area contributed by atoms with Crippen LogP contribution in [-0.2, 0) is 20.5 Å². The molecule has 0 bridgehead atoms. The van der Waals surface area contributed by atoms with E-state index in [1.807, 2.05) is 13.0 Å². The van der Waals surface area contributed by atoms with E-state index in [2.05, 4.69) is 18.4 Å². The highest BCUT2D eigenvalue weighted by atomic mass is 32.1. The number of halogens is 1. The van der Waals surface area contributed by atoms with Crippen molar-refractivity contribution in [3.63, 3.8) is 0 Å². The zero-order valence-electron chi connectivity index (χ0n) is 18.0. The molecule has 3 aromatic rings. The van der Waals surface area contributed by atoms with E-state index in [1.54, 1.807) is 29.7 Å². The molecule has 5 rings (SSSR count). The molecule has 0 fully saturated rings. The average Bonchev–Trinajstić information content (AvgIpc) is 3.38. The van der Waals surface area contributed by atoms with E-state index >= 15 is 0 Å². The Balaban J connectivity index is 1.84. The van der Waals surface area contributed by atoms with Crippen molar-refractivity contribution in [1.82, 2.24) is 4.57 Å². The minimum atomic E-state index is -0.927. The van der Waals surface area contributed by atoms with Crippen LogP contribution in [0.15, 0.2) is 53.4 Å². The molecule has 1 aromatic heterocycles. The smallest absolute Gasteiger partial charge is 0.332 e. The fourth-order valence-corrected chi connectivity index (χ4v) is 6.03. The van der Waals surface area contributed by atoms with Crippen molar-refractivity contribution in [2.75, 3.05) is 6.61 Å². The predicted octanol–water partition coefficient (Wildman–Crippen LogP) is 5.01. The van der Waals surface area contributed by atoms with Gasteiger partial charge in [0.05, 0.1) is 12.1 Å². The first-order valence-corrected chi connectivity index (χ1v) is 11.4. The van der Waals surface area contributed by atoms with Crippen LogP contribution in [0.2, 0.25) is 0 Å². The highest BCUT2D eigenvalue weighted by Gasteiger charge is 2.48. The van der Waals surface area contributed by atoms with Crippen LogP contribution in [0.3, 0.4) is 0 Å². The van der Waals surface area contributed by atoms with Crippen LogP contribution in [0.1, 0.15) is 38.4 Å². The number of phenols is 1. The first-order chi connectivity index (χ1) is 15.1. The third-order valence-corrected chi connectivity index (χ3v) is 7.79. The number of benzene rings is 2. The third kappa shape index (κ3) is 2.95. The summed E-state index contributed by atoms with van der Waals surface area (Å²) in [6, 6.07) is 11.7. The fourth-order valence-electron chi connectivity index (χ4n) is 4.83. The van der Waals surface area contributed by atoms with E-state index in [0.29, 0.717) is 24.0 Å². The van der Waals surface area contributed by atoms with Crippen molar-refractivity contribution in [3.05, 3.63) is 70.5 Å². The van der Waals surface area contributed by atoms with Gasteiger partial charge in [-0.15, -0.1) is 0 Å². The molecule has 1 unspecified atom stereocenters. The summed E-state index contributed by atoms with van der Waals surface area (Å²) in [6.07, 6.45) is 0.310. The Bertz CT molecular complexity index is 1340. The van der Waals surface area contributed by atoms with Crippen molar-refractivity contribution < 1.29 is 24.1 Å². The molecule has 2 aliphatic heterocycles. The van der Waals surface area contributed by atoms with Crippen LogP contribution in [0.25, 0.3) is 16.6 Å². The van der Waals surface area contributed by atoms with Gasteiger partial charge in [0.15, 0.2) is 0 Å². The maximum Gasteiger partial charge on any atom is 0.332 e. The van der Waals surface area contributed by atoms with Crippen molar-refractivity contribution in [1.29, 1.82) is 0 Å². The van der Waals surface area contributed by atoms with E-state index in [0.717, 1.165) is 38.7 Å². The minimum absolute atomic E-state index is 0.133. The molecular weight excluding hydrogens is 429 g/mol. The van der Waals surface area contributed by atoms with Crippen LogP contribution in [0.4, 0.5) is 4.39 Å². The number of rotatable bonds is 3. The summed E-state index contributed by atoms with van der Waals surface area (Å²) in [4.78, 5) is 12.5. The number of ether oxygens (including phenoxy) is 1. The van der Waals surface area contributed by atoms with Gasteiger partial charge in [0.1, 0.15) is 17.2 Å². The van der Waals surface area contributed by atoms with Crippen LogP contribution < -0.4 is 0 Å². The molecule has 2 aliphatic rings. The average molecular weight is 454 g/mol. The largest absolute Gasteiger partial charge is 0.507 e. The molecular formula is C25H24FNO4S. The summed E-state index contributed by atoms with van der Waals surface area (Å²) in [5, 5.41) is 22.8. The molecule has 1 atom stereocenters. The Morgan fingerprint density at radius 1 is 1.16 bits per heavy atom. The number of carboxylic acid groups (broad SMARTS) is 1. The Morgan fingerprint density at radius 3 is 2.53 bits per heavy atom. The maximum absolute atomic E-state index is 13.7. The maximum atomic E-state index is 13.7. The second kappa shape index (κ2) is 7.05. The Kier molecular flexibility index (Phi) is 4.62. The number of hydrogen-bond acceptors (Lipinski definition) is 3. The Labute approximate surface area is 188 Å². The molecule has 2 N–H and O–H groups in total. The molecule has 0 radical (unpaired) electrons. The number of carbonyl (C=O) groups is 1. The van der Waals surface area contributed by atoms with Crippen LogP contribution >= 0.6 is 11.4 Å². The number of aliphatic carboxylic acids is 1. The quantitative estimate of drug-likeness (QED) is 0.385. The molecule has 0 amide bonds. The fraction of sp³-hybridized carbons (Fsp3) is 0.280. The molecule has 0 spiro atoms. The molecule has 166 valence electrons. The first-order valence-electron chi connectivity index (χ1n) is 10.4. The van der Waals surface area contributed by atoms with Gasteiger partial charge in [-0.05, 0) is 53.6 Å². The van der Waals surface area contributed by atoms with Gasteiger partial charge in [0.2, 0.25) is 0 Å². The highest BCUT2D eigenvalue weighted by Crippen LogP contribution is 2.51. The molecule has 7 heteroatoms. The minimum Gasteiger partial charge on any atom is -0.507 e. The van der Waals surface area contributed by atoms with Crippen LogP contribution in [-0.4, -0.2) is 32.2 Å². The van der Waals surface area contributed by atoms with Crippen molar-refractivity contribution >= 4 is 33.1 Å². The summed E-state index contributed by atoms with van der Waals surface area (Å²) < 4.78 is 22.3. The SMILES string of the molecule is CC1(C)COC(C)(C2=[SH]C=C(C(=O)O)C2)c2c1n(-c1ccc(F)cc1)c1cccc(O)c21. The van der Waals surface area contributed by atoms with Gasteiger partial charge in [-0.25, -0.2) is 9.18 Å². The number of nitrogens with zero attached hydrogens (tertiary/aromatic N) is 1. The number of hydrogen-bond donors (Lipinski definition) is 3. The standard InChI is InChI=1S/C25H24FNO4S/c1-24(2)13-31-25(3,19-11-14(12-32-19)23(29)30)21-20-17(5-4-6-18(20)28)27(22(21)24)16-9-7-15(26)8-10-16/h4-10,12,28,32H,11,13H2,1-3H3,(H,29,30). The molecule has 0 saturated heterocycles. The van der Waals surface area contributed by atoms with Gasteiger partial charge in [0.25, 0.3) is 0 Å². The first kappa shape index (κ1) is 21.0. The number of fused-ring (bicyclic) bond motifs is 3. The van der Waals surface area contributed by atoms with Gasteiger partial charge in [-0.1, -0.05) is 19.9 Å². The molecule has 2 aromatic carbocycles.